The molecular weight excluding hydrogens is 384 g/mol. The molecule has 0 aliphatic rings. The molecule has 0 saturated carbocycles. The molecule has 0 amide bonds. The SMILES string of the molecule is CCNC(=NCc1ccccc1NS(C)(=O)=O)NCC(C)(O)c1ccsc1. The minimum atomic E-state index is -3.36. The van der Waals surface area contributed by atoms with Gasteiger partial charge in [0, 0.05) is 6.54 Å². The topological polar surface area (TPSA) is 103 Å². The normalized spacial score (nSPS) is 14.4. The van der Waals surface area contributed by atoms with Crippen LogP contribution in [0.25, 0.3) is 0 Å². The first kappa shape index (κ1) is 21.2. The quantitative estimate of drug-likeness (QED) is 0.394. The Kier molecular flexibility index (Phi) is 7.23. The summed E-state index contributed by atoms with van der Waals surface area (Å²) in [6.45, 7) is 4.94. The van der Waals surface area contributed by atoms with Gasteiger partial charge >= 0.3 is 0 Å². The lowest BCUT2D eigenvalue weighted by Gasteiger charge is -2.24. The fourth-order valence-electron chi connectivity index (χ4n) is 2.39. The summed E-state index contributed by atoms with van der Waals surface area (Å²) in [5.74, 6) is 0.544. The van der Waals surface area contributed by atoms with E-state index in [1.165, 1.54) is 11.3 Å². The zero-order valence-corrected chi connectivity index (χ0v) is 17.3. The van der Waals surface area contributed by atoms with E-state index in [1.54, 1.807) is 19.1 Å². The summed E-state index contributed by atoms with van der Waals surface area (Å²) in [7, 11) is -3.36. The van der Waals surface area contributed by atoms with Gasteiger partial charge < -0.3 is 15.7 Å². The van der Waals surface area contributed by atoms with Crippen molar-refractivity contribution >= 4 is 33.0 Å². The molecular formula is C18H26N4O3S2. The molecule has 9 heteroatoms. The van der Waals surface area contributed by atoms with Gasteiger partial charge in [0.05, 0.1) is 25.0 Å². The first-order valence-electron chi connectivity index (χ1n) is 8.54. The van der Waals surface area contributed by atoms with Gasteiger partial charge in [0.25, 0.3) is 0 Å². The second kappa shape index (κ2) is 9.20. The summed E-state index contributed by atoms with van der Waals surface area (Å²) < 4.78 is 25.5. The lowest BCUT2D eigenvalue weighted by atomic mass is 9.99. The van der Waals surface area contributed by atoms with Gasteiger partial charge in [0.1, 0.15) is 5.60 Å². The maximum absolute atomic E-state index is 11.5. The molecule has 0 spiro atoms. The first-order chi connectivity index (χ1) is 12.7. The molecule has 0 aliphatic heterocycles. The van der Waals surface area contributed by atoms with Crippen molar-refractivity contribution in [3.05, 3.63) is 52.2 Å². The molecule has 1 heterocycles. The first-order valence-corrected chi connectivity index (χ1v) is 11.4. The molecule has 27 heavy (non-hydrogen) atoms. The van der Waals surface area contributed by atoms with Crippen LogP contribution >= 0.6 is 11.3 Å². The number of hydrogen-bond donors (Lipinski definition) is 4. The highest BCUT2D eigenvalue weighted by atomic mass is 32.2. The highest BCUT2D eigenvalue weighted by Gasteiger charge is 2.23. The van der Waals surface area contributed by atoms with Crippen molar-refractivity contribution in [2.75, 3.05) is 24.1 Å². The van der Waals surface area contributed by atoms with Crippen molar-refractivity contribution in [3.8, 4) is 0 Å². The monoisotopic (exact) mass is 410 g/mol. The van der Waals surface area contributed by atoms with Crippen molar-refractivity contribution in [3.63, 3.8) is 0 Å². The van der Waals surface area contributed by atoms with Gasteiger partial charge in [-0.15, -0.1) is 0 Å². The third kappa shape index (κ3) is 6.85. The lowest BCUT2D eigenvalue weighted by Crippen LogP contribution is -2.44. The average molecular weight is 411 g/mol. The minimum absolute atomic E-state index is 0.286. The van der Waals surface area contributed by atoms with Crippen molar-refractivity contribution in [2.24, 2.45) is 4.99 Å². The number of hydrogen-bond acceptors (Lipinski definition) is 5. The van der Waals surface area contributed by atoms with Crippen LogP contribution in [0.5, 0.6) is 0 Å². The zero-order chi connectivity index (χ0) is 19.9. The predicted octanol–water partition coefficient (Wildman–Crippen LogP) is 2.08. The summed E-state index contributed by atoms with van der Waals surface area (Å²) in [6, 6.07) is 9.02. The number of guanidine groups is 1. The van der Waals surface area contributed by atoms with Crippen LogP contribution < -0.4 is 15.4 Å². The molecule has 1 atom stereocenters. The number of anilines is 1. The molecule has 0 radical (unpaired) electrons. The van der Waals surface area contributed by atoms with E-state index in [4.69, 9.17) is 0 Å². The molecule has 2 aromatic rings. The van der Waals surface area contributed by atoms with Crippen LogP contribution in [0, 0.1) is 0 Å². The minimum Gasteiger partial charge on any atom is -0.384 e. The molecule has 0 aliphatic carbocycles. The standard InChI is InChI=1S/C18H26N4O3S2/c1-4-19-17(21-13-18(2,23)15-9-10-26-12-15)20-11-14-7-5-6-8-16(14)22-27(3,24)25/h5-10,12,22-23H,4,11,13H2,1-3H3,(H2,19,20,21). The van der Waals surface area contributed by atoms with Gasteiger partial charge in [-0.05, 0) is 47.9 Å². The molecule has 0 bridgehead atoms. The number of sulfonamides is 1. The van der Waals surface area contributed by atoms with Crippen LogP contribution in [0.15, 0.2) is 46.1 Å². The number of para-hydroxylation sites is 1. The van der Waals surface area contributed by atoms with Crippen LogP contribution in [0.2, 0.25) is 0 Å². The van der Waals surface area contributed by atoms with Crippen LogP contribution in [0.4, 0.5) is 5.69 Å². The zero-order valence-electron chi connectivity index (χ0n) is 15.7. The molecule has 1 unspecified atom stereocenters. The lowest BCUT2D eigenvalue weighted by molar-refractivity contribution is 0.0621. The highest BCUT2D eigenvalue weighted by Crippen LogP contribution is 2.22. The summed E-state index contributed by atoms with van der Waals surface area (Å²) in [6.07, 6.45) is 1.12. The second-order valence-corrected chi connectivity index (χ2v) is 8.89. The number of aliphatic imine (C=N–C) groups is 1. The molecule has 4 N–H and O–H groups in total. The fourth-order valence-corrected chi connectivity index (χ4v) is 3.77. The number of rotatable bonds is 8. The van der Waals surface area contributed by atoms with E-state index in [0.717, 1.165) is 17.4 Å². The van der Waals surface area contributed by atoms with Crippen LogP contribution in [0.1, 0.15) is 25.0 Å². The smallest absolute Gasteiger partial charge is 0.229 e. The Morgan fingerprint density at radius 3 is 2.63 bits per heavy atom. The number of aliphatic hydroxyl groups is 1. The number of thiophene rings is 1. The highest BCUT2D eigenvalue weighted by molar-refractivity contribution is 7.92. The third-order valence-electron chi connectivity index (χ3n) is 3.81. The maximum Gasteiger partial charge on any atom is 0.229 e. The van der Waals surface area contributed by atoms with E-state index >= 15 is 0 Å². The molecule has 1 aromatic heterocycles. The van der Waals surface area contributed by atoms with Gasteiger partial charge in [-0.2, -0.15) is 11.3 Å². The Bertz CT molecular complexity index is 862. The number of benzene rings is 1. The van der Waals surface area contributed by atoms with E-state index in [-0.39, 0.29) is 6.54 Å². The van der Waals surface area contributed by atoms with E-state index in [9.17, 15) is 13.5 Å². The van der Waals surface area contributed by atoms with Crippen molar-refractivity contribution in [1.82, 2.24) is 10.6 Å². The molecule has 0 fully saturated rings. The van der Waals surface area contributed by atoms with E-state index in [2.05, 4.69) is 20.3 Å². The Hall–Kier alpha value is -2.10. The molecule has 0 saturated heterocycles. The van der Waals surface area contributed by atoms with Crippen molar-refractivity contribution in [2.45, 2.75) is 26.0 Å². The van der Waals surface area contributed by atoms with Gasteiger partial charge in [0.15, 0.2) is 5.96 Å². The number of nitrogens with zero attached hydrogens (tertiary/aromatic N) is 1. The molecule has 148 valence electrons. The molecule has 7 nitrogen and oxygen atoms in total. The average Bonchev–Trinajstić information content (AvgIpc) is 3.13. The van der Waals surface area contributed by atoms with Gasteiger partial charge in [-0.25, -0.2) is 13.4 Å². The third-order valence-corrected chi connectivity index (χ3v) is 5.08. The predicted molar refractivity (Wildman–Crippen MR) is 112 cm³/mol. The van der Waals surface area contributed by atoms with Gasteiger partial charge in [0.2, 0.25) is 10.0 Å². The van der Waals surface area contributed by atoms with Crippen molar-refractivity contribution in [1.29, 1.82) is 0 Å². The Morgan fingerprint density at radius 1 is 1.26 bits per heavy atom. The van der Waals surface area contributed by atoms with E-state index < -0.39 is 15.6 Å². The summed E-state index contributed by atoms with van der Waals surface area (Å²) in [4.78, 5) is 4.51. The Balaban J connectivity index is 2.10. The van der Waals surface area contributed by atoms with Crippen LogP contribution in [-0.2, 0) is 22.2 Å². The van der Waals surface area contributed by atoms with Crippen molar-refractivity contribution < 1.29 is 13.5 Å². The van der Waals surface area contributed by atoms with E-state index in [1.807, 2.05) is 35.9 Å². The maximum atomic E-state index is 11.5. The second-order valence-electron chi connectivity index (χ2n) is 6.37. The van der Waals surface area contributed by atoms with E-state index in [0.29, 0.717) is 24.7 Å². The van der Waals surface area contributed by atoms with Crippen LogP contribution in [-0.4, -0.2) is 38.8 Å². The number of nitrogens with one attached hydrogen (secondary N) is 3. The molecule has 1 aromatic carbocycles. The summed E-state index contributed by atoms with van der Waals surface area (Å²) in [5, 5.41) is 20.7. The van der Waals surface area contributed by atoms with Gasteiger partial charge in [-0.3, -0.25) is 4.72 Å². The fraction of sp³-hybridized carbons (Fsp3) is 0.389. The van der Waals surface area contributed by atoms with Crippen LogP contribution in [0.3, 0.4) is 0 Å². The summed E-state index contributed by atoms with van der Waals surface area (Å²) in [5.41, 5.74) is 1.08. The molecule has 2 rings (SSSR count). The summed E-state index contributed by atoms with van der Waals surface area (Å²) >= 11 is 1.53. The largest absolute Gasteiger partial charge is 0.384 e. The van der Waals surface area contributed by atoms with Gasteiger partial charge in [-0.1, -0.05) is 18.2 Å². The Morgan fingerprint density at radius 2 is 2.00 bits per heavy atom. The Labute approximate surface area is 164 Å².